The van der Waals surface area contributed by atoms with Gasteiger partial charge in [-0.25, -0.2) is 4.79 Å². The molecular weight excluding hydrogens is 288 g/mol. The maximum atomic E-state index is 11.0. The molecule has 138 valence electrons. The van der Waals surface area contributed by atoms with Crippen molar-refractivity contribution in [3.63, 3.8) is 0 Å². The highest BCUT2D eigenvalue weighted by Crippen LogP contribution is 2.13. The van der Waals surface area contributed by atoms with Gasteiger partial charge in [-0.05, 0) is 13.3 Å². The highest BCUT2D eigenvalue weighted by Gasteiger charge is 2.08. The Morgan fingerprint density at radius 3 is 1.43 bits per heavy atom. The zero-order valence-electron chi connectivity index (χ0n) is 15.7. The Morgan fingerprint density at radius 2 is 1.09 bits per heavy atom. The molecule has 0 bridgehead atoms. The summed E-state index contributed by atoms with van der Waals surface area (Å²) in [6.45, 7) is 4.16. The second-order valence-electron chi connectivity index (χ2n) is 6.79. The SMILES string of the molecule is CCCCCCCCCCCCCCCCCOC(=O)C(C)O. The lowest BCUT2D eigenvalue weighted by atomic mass is 10.0. The molecule has 0 radical (unpaired) electrons. The van der Waals surface area contributed by atoms with Gasteiger partial charge < -0.3 is 9.84 Å². The first-order chi connectivity index (χ1) is 11.2. The van der Waals surface area contributed by atoms with Gasteiger partial charge in [-0.1, -0.05) is 96.8 Å². The van der Waals surface area contributed by atoms with Crippen LogP contribution in [0.15, 0.2) is 0 Å². The maximum Gasteiger partial charge on any atom is 0.334 e. The number of aliphatic hydroxyl groups is 1. The first-order valence-corrected chi connectivity index (χ1v) is 10.0. The van der Waals surface area contributed by atoms with Crippen molar-refractivity contribution in [2.24, 2.45) is 0 Å². The van der Waals surface area contributed by atoms with E-state index >= 15 is 0 Å². The van der Waals surface area contributed by atoms with Crippen LogP contribution in [0.3, 0.4) is 0 Å². The molecule has 3 heteroatoms. The zero-order valence-corrected chi connectivity index (χ0v) is 15.7. The Bertz CT molecular complexity index is 251. The lowest BCUT2D eigenvalue weighted by molar-refractivity contribution is -0.152. The van der Waals surface area contributed by atoms with Crippen LogP contribution < -0.4 is 0 Å². The zero-order chi connectivity index (χ0) is 17.2. The van der Waals surface area contributed by atoms with Crippen LogP contribution in [-0.4, -0.2) is 23.8 Å². The molecule has 0 spiro atoms. The average molecular weight is 329 g/mol. The second kappa shape index (κ2) is 17.8. The Kier molecular flexibility index (Phi) is 17.3. The molecule has 23 heavy (non-hydrogen) atoms. The summed E-state index contributed by atoms with van der Waals surface area (Å²) in [5.41, 5.74) is 0. The van der Waals surface area contributed by atoms with E-state index in [9.17, 15) is 4.79 Å². The van der Waals surface area contributed by atoms with Gasteiger partial charge in [-0.3, -0.25) is 0 Å². The molecular formula is C20H40O3. The monoisotopic (exact) mass is 328 g/mol. The number of ether oxygens (including phenoxy) is 1. The van der Waals surface area contributed by atoms with Gasteiger partial charge in [-0.15, -0.1) is 0 Å². The summed E-state index contributed by atoms with van der Waals surface area (Å²) in [5.74, 6) is -0.504. The van der Waals surface area contributed by atoms with E-state index in [0.717, 1.165) is 12.8 Å². The van der Waals surface area contributed by atoms with Crippen molar-refractivity contribution in [3.05, 3.63) is 0 Å². The largest absolute Gasteiger partial charge is 0.464 e. The van der Waals surface area contributed by atoms with Crippen LogP contribution in [0.4, 0.5) is 0 Å². The lowest BCUT2D eigenvalue weighted by Gasteiger charge is -2.06. The number of aliphatic hydroxyl groups excluding tert-OH is 1. The predicted octanol–water partition coefficient (Wildman–Crippen LogP) is 5.78. The minimum atomic E-state index is -0.994. The molecule has 0 fully saturated rings. The van der Waals surface area contributed by atoms with Crippen molar-refractivity contribution in [3.8, 4) is 0 Å². The molecule has 0 aromatic carbocycles. The van der Waals surface area contributed by atoms with Crippen LogP contribution in [0.1, 0.15) is 110 Å². The van der Waals surface area contributed by atoms with Crippen molar-refractivity contribution in [1.82, 2.24) is 0 Å². The number of carbonyl (C=O) groups excluding carboxylic acids is 1. The van der Waals surface area contributed by atoms with Crippen LogP contribution in [0.5, 0.6) is 0 Å². The molecule has 0 saturated carbocycles. The molecule has 1 unspecified atom stereocenters. The first kappa shape index (κ1) is 22.4. The summed E-state index contributed by atoms with van der Waals surface area (Å²) < 4.78 is 4.93. The third-order valence-electron chi connectivity index (χ3n) is 4.33. The summed E-state index contributed by atoms with van der Waals surface area (Å²) in [6.07, 6.45) is 18.9. The fraction of sp³-hybridized carbons (Fsp3) is 0.950. The van der Waals surface area contributed by atoms with E-state index in [1.807, 2.05) is 0 Å². The summed E-state index contributed by atoms with van der Waals surface area (Å²) in [5, 5.41) is 8.97. The Hall–Kier alpha value is -0.570. The standard InChI is InChI=1S/C20H40O3/c1-3-4-5-6-7-8-9-10-11-12-13-14-15-16-17-18-23-20(22)19(2)21/h19,21H,3-18H2,1-2H3. The second-order valence-corrected chi connectivity index (χ2v) is 6.79. The molecule has 0 saturated heterocycles. The first-order valence-electron chi connectivity index (χ1n) is 10.0. The van der Waals surface area contributed by atoms with Crippen LogP contribution in [0.2, 0.25) is 0 Å². The average Bonchev–Trinajstić information content (AvgIpc) is 2.54. The lowest BCUT2D eigenvalue weighted by Crippen LogP contribution is -2.19. The van der Waals surface area contributed by atoms with E-state index in [4.69, 9.17) is 9.84 Å². The molecule has 0 aromatic rings. The summed E-state index contributed by atoms with van der Waals surface area (Å²) >= 11 is 0. The molecule has 0 rings (SSSR count). The van der Waals surface area contributed by atoms with E-state index in [-0.39, 0.29) is 0 Å². The van der Waals surface area contributed by atoms with Gasteiger partial charge in [0, 0.05) is 0 Å². The van der Waals surface area contributed by atoms with Gasteiger partial charge >= 0.3 is 5.97 Å². The smallest absolute Gasteiger partial charge is 0.334 e. The number of rotatable bonds is 17. The van der Waals surface area contributed by atoms with Gasteiger partial charge in [0.1, 0.15) is 6.10 Å². The molecule has 0 aliphatic carbocycles. The molecule has 0 aromatic heterocycles. The quantitative estimate of drug-likeness (QED) is 0.272. The van der Waals surface area contributed by atoms with Crippen LogP contribution in [0, 0.1) is 0 Å². The van der Waals surface area contributed by atoms with E-state index in [1.165, 1.54) is 90.4 Å². The van der Waals surface area contributed by atoms with Crippen LogP contribution in [0.25, 0.3) is 0 Å². The molecule has 0 amide bonds. The highest BCUT2D eigenvalue weighted by molar-refractivity contribution is 5.73. The van der Waals surface area contributed by atoms with Gasteiger partial charge in [0.05, 0.1) is 6.61 Å². The molecule has 0 aliphatic heterocycles. The summed E-state index contributed by atoms with van der Waals surface area (Å²) in [6, 6.07) is 0. The van der Waals surface area contributed by atoms with Crippen molar-refractivity contribution in [2.45, 2.75) is 116 Å². The fourth-order valence-corrected chi connectivity index (χ4v) is 2.77. The molecule has 0 heterocycles. The fourth-order valence-electron chi connectivity index (χ4n) is 2.77. The predicted molar refractivity (Wildman–Crippen MR) is 97.6 cm³/mol. The maximum absolute atomic E-state index is 11.0. The van der Waals surface area contributed by atoms with E-state index in [1.54, 1.807) is 0 Å². The number of carbonyl (C=O) groups is 1. The Morgan fingerprint density at radius 1 is 0.739 bits per heavy atom. The Labute approximate surface area is 144 Å². The minimum Gasteiger partial charge on any atom is -0.464 e. The number of hydrogen-bond acceptors (Lipinski definition) is 3. The molecule has 1 atom stereocenters. The van der Waals surface area contributed by atoms with Gasteiger partial charge in [0.2, 0.25) is 0 Å². The molecule has 3 nitrogen and oxygen atoms in total. The third-order valence-corrected chi connectivity index (χ3v) is 4.33. The van der Waals surface area contributed by atoms with Crippen molar-refractivity contribution in [1.29, 1.82) is 0 Å². The van der Waals surface area contributed by atoms with Crippen LogP contribution in [-0.2, 0) is 9.53 Å². The summed E-state index contributed by atoms with van der Waals surface area (Å²) in [7, 11) is 0. The van der Waals surface area contributed by atoms with Crippen LogP contribution >= 0.6 is 0 Å². The number of unbranched alkanes of at least 4 members (excludes halogenated alkanes) is 14. The van der Waals surface area contributed by atoms with Gasteiger partial charge in [0.15, 0.2) is 0 Å². The van der Waals surface area contributed by atoms with Crippen molar-refractivity contribution in [2.75, 3.05) is 6.61 Å². The van der Waals surface area contributed by atoms with E-state index in [2.05, 4.69) is 6.92 Å². The third kappa shape index (κ3) is 17.6. The Balaban J connectivity index is 3.04. The van der Waals surface area contributed by atoms with Gasteiger partial charge in [0.25, 0.3) is 0 Å². The topological polar surface area (TPSA) is 46.5 Å². The highest BCUT2D eigenvalue weighted by atomic mass is 16.5. The summed E-state index contributed by atoms with van der Waals surface area (Å²) in [4.78, 5) is 11.0. The van der Waals surface area contributed by atoms with Gasteiger partial charge in [-0.2, -0.15) is 0 Å². The van der Waals surface area contributed by atoms with E-state index in [0.29, 0.717) is 6.61 Å². The molecule has 1 N–H and O–H groups in total. The number of esters is 1. The van der Waals surface area contributed by atoms with Crippen molar-refractivity contribution < 1.29 is 14.6 Å². The molecule has 0 aliphatic rings. The van der Waals surface area contributed by atoms with E-state index < -0.39 is 12.1 Å². The normalized spacial score (nSPS) is 12.3. The minimum absolute atomic E-state index is 0.446. The number of hydrogen-bond donors (Lipinski definition) is 1. The van der Waals surface area contributed by atoms with Crippen molar-refractivity contribution >= 4 is 5.97 Å².